The molecule has 0 bridgehead atoms. The summed E-state index contributed by atoms with van der Waals surface area (Å²) in [6, 6.07) is 0. The van der Waals surface area contributed by atoms with E-state index in [1.807, 2.05) is 4.90 Å². The number of carbonyl (C=O) groups is 1. The minimum atomic E-state index is -0.547. The maximum atomic E-state index is 12.6. The lowest BCUT2D eigenvalue weighted by molar-refractivity contribution is -0.141. The van der Waals surface area contributed by atoms with Gasteiger partial charge in [-0.1, -0.05) is 33.1 Å². The number of carbonyl (C=O) groups excluding carboxylic acids is 1. The molecular weight excluding hydrogens is 212 g/mol. The van der Waals surface area contributed by atoms with Crippen LogP contribution in [0, 0.1) is 11.8 Å². The van der Waals surface area contributed by atoms with Gasteiger partial charge in [-0.2, -0.15) is 0 Å². The molecule has 17 heavy (non-hydrogen) atoms. The SMILES string of the molecule is CC1CC(C)CN(C(=O)C2(N)CCCCC2)C1. The molecule has 3 heteroatoms. The average molecular weight is 238 g/mol. The highest BCUT2D eigenvalue weighted by molar-refractivity contribution is 5.86. The Morgan fingerprint density at radius 3 is 2.18 bits per heavy atom. The zero-order chi connectivity index (χ0) is 12.5. The van der Waals surface area contributed by atoms with Crippen LogP contribution in [0.4, 0.5) is 0 Å². The van der Waals surface area contributed by atoms with Crippen LogP contribution in [-0.2, 0) is 4.79 Å². The fourth-order valence-corrected chi connectivity index (χ4v) is 3.54. The minimum absolute atomic E-state index is 0.218. The minimum Gasteiger partial charge on any atom is -0.341 e. The number of piperidine rings is 1. The van der Waals surface area contributed by atoms with E-state index in [-0.39, 0.29) is 5.91 Å². The molecule has 0 radical (unpaired) electrons. The molecule has 1 saturated carbocycles. The number of nitrogens with zero attached hydrogens (tertiary/aromatic N) is 1. The number of hydrogen-bond donors (Lipinski definition) is 1. The summed E-state index contributed by atoms with van der Waals surface area (Å²) in [7, 11) is 0. The van der Waals surface area contributed by atoms with Gasteiger partial charge < -0.3 is 10.6 Å². The number of nitrogens with two attached hydrogens (primary N) is 1. The van der Waals surface area contributed by atoms with Gasteiger partial charge in [-0.05, 0) is 31.1 Å². The molecule has 2 rings (SSSR count). The van der Waals surface area contributed by atoms with Crippen molar-refractivity contribution in [1.29, 1.82) is 0 Å². The van der Waals surface area contributed by atoms with Crippen molar-refractivity contribution < 1.29 is 4.79 Å². The predicted octanol–water partition coefficient (Wildman–Crippen LogP) is 2.15. The zero-order valence-corrected chi connectivity index (χ0v) is 11.2. The first kappa shape index (κ1) is 12.9. The van der Waals surface area contributed by atoms with E-state index < -0.39 is 5.54 Å². The molecule has 0 spiro atoms. The van der Waals surface area contributed by atoms with Crippen molar-refractivity contribution in [2.24, 2.45) is 17.6 Å². The van der Waals surface area contributed by atoms with E-state index in [0.717, 1.165) is 38.8 Å². The van der Waals surface area contributed by atoms with Crippen LogP contribution in [0.2, 0.25) is 0 Å². The lowest BCUT2D eigenvalue weighted by atomic mass is 9.80. The third-order valence-corrected chi connectivity index (χ3v) is 4.33. The molecule has 0 aromatic carbocycles. The molecule has 98 valence electrons. The smallest absolute Gasteiger partial charge is 0.242 e. The summed E-state index contributed by atoms with van der Waals surface area (Å²) in [5, 5.41) is 0. The second-order valence-electron chi connectivity index (χ2n) is 6.37. The normalized spacial score (nSPS) is 33.5. The molecule has 0 aromatic heterocycles. The first-order valence-corrected chi connectivity index (χ1v) is 7.09. The van der Waals surface area contributed by atoms with Crippen molar-refractivity contribution in [1.82, 2.24) is 4.90 Å². The lowest BCUT2D eigenvalue weighted by Gasteiger charge is -2.41. The van der Waals surface area contributed by atoms with Gasteiger partial charge in [0.05, 0.1) is 5.54 Å². The van der Waals surface area contributed by atoms with E-state index in [2.05, 4.69) is 13.8 Å². The van der Waals surface area contributed by atoms with Gasteiger partial charge in [0.15, 0.2) is 0 Å². The van der Waals surface area contributed by atoms with Gasteiger partial charge in [0.2, 0.25) is 5.91 Å². The third-order valence-electron chi connectivity index (χ3n) is 4.33. The number of hydrogen-bond acceptors (Lipinski definition) is 2. The Balaban J connectivity index is 2.03. The van der Waals surface area contributed by atoms with Gasteiger partial charge >= 0.3 is 0 Å². The Bertz CT molecular complexity index is 274. The van der Waals surface area contributed by atoms with E-state index in [1.54, 1.807) is 0 Å². The average Bonchev–Trinajstić information content (AvgIpc) is 2.27. The molecule has 2 fully saturated rings. The Morgan fingerprint density at radius 1 is 1.12 bits per heavy atom. The van der Waals surface area contributed by atoms with Crippen LogP contribution in [0.5, 0.6) is 0 Å². The first-order valence-electron chi connectivity index (χ1n) is 7.09. The molecule has 3 nitrogen and oxygen atoms in total. The summed E-state index contributed by atoms with van der Waals surface area (Å²) in [5.41, 5.74) is 5.79. The monoisotopic (exact) mass is 238 g/mol. The summed E-state index contributed by atoms with van der Waals surface area (Å²) < 4.78 is 0. The molecule has 1 aliphatic heterocycles. The Kier molecular flexibility index (Phi) is 3.76. The summed E-state index contributed by atoms with van der Waals surface area (Å²) in [5.74, 6) is 1.46. The van der Waals surface area contributed by atoms with E-state index in [9.17, 15) is 4.79 Å². The quantitative estimate of drug-likeness (QED) is 0.761. The summed E-state index contributed by atoms with van der Waals surface area (Å²) in [6.07, 6.45) is 6.46. The van der Waals surface area contributed by atoms with Crippen molar-refractivity contribution in [3.8, 4) is 0 Å². The zero-order valence-electron chi connectivity index (χ0n) is 11.2. The van der Waals surface area contributed by atoms with Crippen molar-refractivity contribution in [2.45, 2.75) is 57.9 Å². The van der Waals surface area contributed by atoms with Crippen LogP contribution in [0.15, 0.2) is 0 Å². The highest BCUT2D eigenvalue weighted by Gasteiger charge is 2.40. The van der Waals surface area contributed by atoms with Gasteiger partial charge in [0, 0.05) is 13.1 Å². The van der Waals surface area contributed by atoms with Gasteiger partial charge in [0.1, 0.15) is 0 Å². The Hall–Kier alpha value is -0.570. The largest absolute Gasteiger partial charge is 0.341 e. The molecule has 2 N–H and O–H groups in total. The first-order chi connectivity index (χ1) is 8.01. The van der Waals surface area contributed by atoms with Crippen molar-refractivity contribution in [3.63, 3.8) is 0 Å². The second-order valence-corrected chi connectivity index (χ2v) is 6.37. The standard InChI is InChI=1S/C14H26N2O/c1-11-8-12(2)10-16(9-11)13(17)14(15)6-4-3-5-7-14/h11-12H,3-10,15H2,1-2H3. The van der Waals surface area contributed by atoms with Crippen LogP contribution in [0.1, 0.15) is 52.4 Å². The molecule has 1 saturated heterocycles. The number of amides is 1. The molecule has 0 aromatic rings. The topological polar surface area (TPSA) is 46.3 Å². The van der Waals surface area contributed by atoms with Gasteiger partial charge in [-0.25, -0.2) is 0 Å². The Morgan fingerprint density at radius 2 is 1.65 bits per heavy atom. The van der Waals surface area contributed by atoms with Crippen LogP contribution < -0.4 is 5.73 Å². The maximum Gasteiger partial charge on any atom is 0.242 e. The highest BCUT2D eigenvalue weighted by Crippen LogP contribution is 2.30. The van der Waals surface area contributed by atoms with E-state index in [0.29, 0.717) is 11.8 Å². The van der Waals surface area contributed by atoms with Crippen molar-refractivity contribution in [3.05, 3.63) is 0 Å². The molecular formula is C14H26N2O. The van der Waals surface area contributed by atoms with Gasteiger partial charge in [-0.15, -0.1) is 0 Å². The van der Waals surface area contributed by atoms with Gasteiger partial charge in [-0.3, -0.25) is 4.79 Å². The number of likely N-dealkylation sites (tertiary alicyclic amines) is 1. The van der Waals surface area contributed by atoms with E-state index in [4.69, 9.17) is 5.73 Å². The van der Waals surface area contributed by atoms with Crippen molar-refractivity contribution in [2.75, 3.05) is 13.1 Å². The molecule has 2 unspecified atom stereocenters. The van der Waals surface area contributed by atoms with E-state index in [1.165, 1.54) is 12.8 Å². The molecule has 1 aliphatic carbocycles. The summed E-state index contributed by atoms with van der Waals surface area (Å²) in [4.78, 5) is 14.6. The second kappa shape index (κ2) is 4.97. The molecule has 1 heterocycles. The fraction of sp³-hybridized carbons (Fsp3) is 0.929. The summed E-state index contributed by atoms with van der Waals surface area (Å²) >= 11 is 0. The van der Waals surface area contributed by atoms with Gasteiger partial charge in [0.25, 0.3) is 0 Å². The number of rotatable bonds is 1. The molecule has 2 atom stereocenters. The predicted molar refractivity (Wildman–Crippen MR) is 69.5 cm³/mol. The maximum absolute atomic E-state index is 12.6. The van der Waals surface area contributed by atoms with Crippen LogP contribution in [-0.4, -0.2) is 29.4 Å². The van der Waals surface area contributed by atoms with Crippen molar-refractivity contribution >= 4 is 5.91 Å². The fourth-order valence-electron chi connectivity index (χ4n) is 3.54. The van der Waals surface area contributed by atoms with Crippen LogP contribution in [0.3, 0.4) is 0 Å². The lowest BCUT2D eigenvalue weighted by Crippen LogP contribution is -2.58. The Labute approximate surface area is 105 Å². The molecule has 2 aliphatic rings. The van der Waals surface area contributed by atoms with E-state index >= 15 is 0 Å². The third kappa shape index (κ3) is 2.82. The molecule has 1 amide bonds. The summed E-state index contributed by atoms with van der Waals surface area (Å²) in [6.45, 7) is 6.28. The highest BCUT2D eigenvalue weighted by atomic mass is 16.2. The van der Waals surface area contributed by atoms with Crippen LogP contribution in [0.25, 0.3) is 0 Å². The van der Waals surface area contributed by atoms with Crippen LogP contribution >= 0.6 is 0 Å².